The summed E-state index contributed by atoms with van der Waals surface area (Å²) in [6.07, 6.45) is 5.56. The van der Waals surface area contributed by atoms with Crippen molar-refractivity contribution in [2.75, 3.05) is 18.0 Å². The minimum Gasteiger partial charge on any atom is -0.654 e. The molecule has 2 N–H and O–H groups in total. The zero-order chi connectivity index (χ0) is 24.8. The first-order valence-electron chi connectivity index (χ1n) is 13.6. The van der Waals surface area contributed by atoms with Crippen LogP contribution in [0.4, 0.5) is 5.82 Å². The van der Waals surface area contributed by atoms with Gasteiger partial charge < -0.3 is 20.4 Å². The minimum absolute atomic E-state index is 0.116. The van der Waals surface area contributed by atoms with Crippen molar-refractivity contribution < 1.29 is 10.2 Å². The van der Waals surface area contributed by atoms with Gasteiger partial charge in [0.1, 0.15) is 5.82 Å². The van der Waals surface area contributed by atoms with Crippen molar-refractivity contribution in [2.24, 2.45) is 0 Å². The monoisotopic (exact) mass is 476 g/mol. The van der Waals surface area contributed by atoms with Crippen LogP contribution in [-0.4, -0.2) is 52.6 Å². The van der Waals surface area contributed by atoms with Crippen molar-refractivity contribution in [3.05, 3.63) is 52.8 Å². The molecule has 0 spiro atoms. The predicted octanol–water partition coefficient (Wildman–Crippen LogP) is 5.71. The lowest BCUT2D eigenvalue weighted by atomic mass is 9.63. The first kappa shape index (κ1) is 24.7. The Morgan fingerprint density at radius 2 is 1.60 bits per heavy atom. The third-order valence-electron chi connectivity index (χ3n) is 8.86. The maximum atomic E-state index is 10.3. The van der Waals surface area contributed by atoms with E-state index < -0.39 is 12.2 Å². The van der Waals surface area contributed by atoms with Crippen molar-refractivity contribution in [3.63, 3.8) is 0 Å². The Bertz CT molecular complexity index is 1040. The summed E-state index contributed by atoms with van der Waals surface area (Å²) < 4.78 is 0. The van der Waals surface area contributed by atoms with E-state index in [0.717, 1.165) is 50.3 Å². The first-order chi connectivity index (χ1) is 16.6. The highest BCUT2D eigenvalue weighted by Gasteiger charge is 2.37. The van der Waals surface area contributed by atoms with Crippen LogP contribution in [0.25, 0.3) is 16.6 Å². The third-order valence-corrected chi connectivity index (χ3v) is 8.86. The van der Waals surface area contributed by atoms with Crippen LogP contribution in [0.1, 0.15) is 83.8 Å². The Kier molecular flexibility index (Phi) is 6.71. The fraction of sp³-hybridized carbons (Fsp3) is 0.633. The molecule has 2 heterocycles. The number of aliphatic hydroxyl groups is 2. The van der Waals surface area contributed by atoms with E-state index in [1.807, 2.05) is 0 Å². The number of pyridine rings is 1. The maximum Gasteiger partial charge on any atom is 0.129 e. The van der Waals surface area contributed by atoms with Gasteiger partial charge in [0.05, 0.1) is 17.9 Å². The minimum atomic E-state index is -0.702. The Labute approximate surface area is 211 Å². The molecular weight excluding hydrogens is 434 g/mol. The molecule has 2 fully saturated rings. The first-order valence-corrected chi connectivity index (χ1v) is 13.6. The lowest BCUT2D eigenvalue weighted by Gasteiger charge is -2.48. The third kappa shape index (κ3) is 5.00. The van der Waals surface area contributed by atoms with E-state index in [4.69, 9.17) is 10.3 Å². The predicted molar refractivity (Wildman–Crippen MR) is 143 cm³/mol. The van der Waals surface area contributed by atoms with Crippen LogP contribution in [0.3, 0.4) is 0 Å². The van der Waals surface area contributed by atoms with Crippen molar-refractivity contribution in [1.82, 2.24) is 4.98 Å². The summed E-state index contributed by atoms with van der Waals surface area (Å²) in [4.78, 5) is 7.45. The fourth-order valence-corrected chi connectivity index (χ4v) is 6.32. The zero-order valence-electron chi connectivity index (χ0n) is 21.9. The van der Waals surface area contributed by atoms with Crippen LogP contribution in [0, 0.1) is 0 Å². The Balaban J connectivity index is 1.28. The molecule has 0 radical (unpaired) electrons. The van der Waals surface area contributed by atoms with Crippen molar-refractivity contribution in [2.45, 2.75) is 108 Å². The number of anilines is 1. The molecular formula is C30H42N3O2-. The van der Waals surface area contributed by atoms with Crippen molar-refractivity contribution in [3.8, 4) is 11.3 Å². The Hall–Kier alpha value is -1.95. The summed E-state index contributed by atoms with van der Waals surface area (Å²) in [5.74, 6) is 1.03. The number of hydrogen-bond acceptors (Lipinski definition) is 4. The van der Waals surface area contributed by atoms with E-state index in [9.17, 15) is 10.2 Å². The van der Waals surface area contributed by atoms with E-state index in [2.05, 4.69) is 69.0 Å². The Morgan fingerprint density at radius 3 is 2.34 bits per heavy atom. The molecule has 1 aliphatic heterocycles. The molecule has 1 saturated carbocycles. The molecule has 2 aliphatic carbocycles. The van der Waals surface area contributed by atoms with Crippen LogP contribution in [0.15, 0.2) is 36.4 Å². The average Bonchev–Trinajstić information content (AvgIpc) is 2.85. The molecule has 0 amide bonds. The summed E-state index contributed by atoms with van der Waals surface area (Å²) in [5, 5.41) is 25.2. The van der Waals surface area contributed by atoms with Gasteiger partial charge in [-0.05, 0) is 59.4 Å². The summed E-state index contributed by atoms with van der Waals surface area (Å²) in [6, 6.07) is 13.5. The van der Waals surface area contributed by atoms with Crippen LogP contribution in [0.5, 0.6) is 0 Å². The second-order valence-electron chi connectivity index (χ2n) is 12.3. The van der Waals surface area contributed by atoms with Gasteiger partial charge in [-0.1, -0.05) is 71.6 Å². The molecule has 3 aliphatic rings. The molecule has 35 heavy (non-hydrogen) atoms. The molecule has 1 aromatic carbocycles. The molecule has 3 atom stereocenters. The molecule has 1 saturated heterocycles. The normalized spacial score (nSPS) is 28.5. The highest BCUT2D eigenvalue weighted by atomic mass is 16.3. The molecule has 190 valence electrons. The number of aliphatic hydroxyl groups excluding tert-OH is 2. The SMILES string of the molecule is CC1(C)CCC(C)(C)c2cc(-c3cccc(N4CCC([N-]C5CCCC(O)C5O)CC4)n3)ccc21. The van der Waals surface area contributed by atoms with Gasteiger partial charge in [-0.15, -0.1) is 12.1 Å². The van der Waals surface area contributed by atoms with Gasteiger partial charge in [0, 0.05) is 18.7 Å². The Morgan fingerprint density at radius 1 is 0.886 bits per heavy atom. The van der Waals surface area contributed by atoms with Gasteiger partial charge in [-0.2, -0.15) is 0 Å². The summed E-state index contributed by atoms with van der Waals surface area (Å²) in [7, 11) is 0. The summed E-state index contributed by atoms with van der Waals surface area (Å²) >= 11 is 0. The number of rotatable bonds is 4. The van der Waals surface area contributed by atoms with Crippen LogP contribution >= 0.6 is 0 Å². The topological polar surface area (TPSA) is 70.7 Å². The quantitative estimate of drug-likeness (QED) is 0.593. The standard InChI is InChI=1S/C30H42N3O2/c1-29(2)15-16-30(3,4)23-19-20(11-12-22(23)29)24-7-6-10-27(32-24)33-17-13-21(14-18-33)31-25-8-5-9-26(34)28(25)35/h6-7,10-12,19,21,25-26,28,34-35H,5,8-9,13-18H2,1-4H3/q-1. The van der Waals surface area contributed by atoms with E-state index in [0.29, 0.717) is 6.42 Å². The summed E-state index contributed by atoms with van der Waals surface area (Å²) in [6.45, 7) is 11.3. The van der Waals surface area contributed by atoms with Crippen LogP contribution in [0.2, 0.25) is 0 Å². The molecule has 5 rings (SSSR count). The molecule has 2 aromatic rings. The lowest BCUT2D eigenvalue weighted by Crippen LogP contribution is -2.44. The molecule has 0 bridgehead atoms. The number of nitrogens with zero attached hydrogens (tertiary/aromatic N) is 3. The van der Waals surface area contributed by atoms with E-state index in [-0.39, 0.29) is 22.9 Å². The number of piperidine rings is 1. The highest BCUT2D eigenvalue weighted by molar-refractivity contribution is 5.65. The lowest BCUT2D eigenvalue weighted by molar-refractivity contribution is -0.0156. The molecule has 5 nitrogen and oxygen atoms in total. The van der Waals surface area contributed by atoms with Crippen molar-refractivity contribution >= 4 is 5.82 Å². The average molecular weight is 477 g/mol. The van der Waals surface area contributed by atoms with Gasteiger partial charge in [0.25, 0.3) is 0 Å². The maximum absolute atomic E-state index is 10.3. The van der Waals surface area contributed by atoms with Crippen LogP contribution < -0.4 is 4.90 Å². The number of benzene rings is 1. The molecule has 3 unspecified atom stereocenters. The van der Waals surface area contributed by atoms with E-state index in [1.54, 1.807) is 0 Å². The van der Waals surface area contributed by atoms with Crippen LogP contribution in [-0.2, 0) is 10.8 Å². The largest absolute Gasteiger partial charge is 0.654 e. The highest BCUT2D eigenvalue weighted by Crippen LogP contribution is 2.46. The zero-order valence-corrected chi connectivity index (χ0v) is 21.9. The second-order valence-corrected chi connectivity index (χ2v) is 12.3. The van der Waals surface area contributed by atoms with Crippen molar-refractivity contribution in [1.29, 1.82) is 0 Å². The van der Waals surface area contributed by atoms with Gasteiger partial charge >= 0.3 is 0 Å². The van der Waals surface area contributed by atoms with Gasteiger partial charge in [0.2, 0.25) is 0 Å². The summed E-state index contributed by atoms with van der Waals surface area (Å²) in [5.41, 5.74) is 5.60. The molecule has 5 heteroatoms. The molecule has 1 aromatic heterocycles. The van der Waals surface area contributed by atoms with E-state index >= 15 is 0 Å². The van der Waals surface area contributed by atoms with E-state index in [1.165, 1.54) is 29.5 Å². The number of fused-ring (bicyclic) bond motifs is 1. The van der Waals surface area contributed by atoms with Gasteiger partial charge in [-0.3, -0.25) is 0 Å². The number of aromatic nitrogens is 1. The second kappa shape index (κ2) is 9.49. The number of hydrogen-bond donors (Lipinski definition) is 2. The van der Waals surface area contributed by atoms with Gasteiger partial charge in [-0.25, -0.2) is 4.98 Å². The van der Waals surface area contributed by atoms with Gasteiger partial charge in [0.15, 0.2) is 0 Å². The smallest absolute Gasteiger partial charge is 0.129 e. The fourth-order valence-electron chi connectivity index (χ4n) is 6.32.